The summed E-state index contributed by atoms with van der Waals surface area (Å²) >= 11 is 6.14. The molecule has 0 atom stereocenters. The van der Waals surface area contributed by atoms with Crippen molar-refractivity contribution < 1.29 is 0 Å². The van der Waals surface area contributed by atoms with E-state index in [1.807, 2.05) is 56.4 Å². The smallest absolute Gasteiger partial charge is 0.137 e. The molecule has 2 aromatic heterocycles. The quantitative estimate of drug-likeness (QED) is 0.781. The van der Waals surface area contributed by atoms with E-state index in [0.29, 0.717) is 0 Å². The molecule has 20 heavy (non-hydrogen) atoms. The molecule has 0 bridgehead atoms. The number of aromatic nitrogens is 2. The van der Waals surface area contributed by atoms with Crippen molar-refractivity contribution in [3.8, 4) is 0 Å². The lowest BCUT2D eigenvalue weighted by molar-refractivity contribution is 0.985. The van der Waals surface area contributed by atoms with Gasteiger partial charge in [-0.15, -0.1) is 0 Å². The first-order valence-corrected chi connectivity index (χ1v) is 6.96. The Kier molecular flexibility index (Phi) is 3.36. The Morgan fingerprint density at radius 2 is 2.00 bits per heavy atom. The fourth-order valence-corrected chi connectivity index (χ4v) is 2.53. The molecular formula is C16H16ClN3. The van der Waals surface area contributed by atoms with Crippen LogP contribution < -0.4 is 5.32 Å². The van der Waals surface area contributed by atoms with Crippen LogP contribution in [0.15, 0.2) is 42.6 Å². The highest BCUT2D eigenvalue weighted by atomic mass is 35.5. The monoisotopic (exact) mass is 285 g/mol. The highest BCUT2D eigenvalue weighted by molar-refractivity contribution is 6.31. The molecule has 0 unspecified atom stereocenters. The number of hydrogen-bond acceptors (Lipinski definition) is 2. The van der Waals surface area contributed by atoms with E-state index in [0.717, 1.165) is 34.2 Å². The van der Waals surface area contributed by atoms with Crippen molar-refractivity contribution in [2.75, 3.05) is 5.32 Å². The maximum atomic E-state index is 6.14. The third kappa shape index (κ3) is 2.25. The van der Waals surface area contributed by atoms with Crippen LogP contribution in [-0.4, -0.2) is 9.38 Å². The Bertz CT molecular complexity index is 762. The molecule has 3 aromatic rings. The van der Waals surface area contributed by atoms with Crippen molar-refractivity contribution in [1.82, 2.24) is 9.38 Å². The SMILES string of the molecule is Cc1nc2ccccn2c1CNc1cccc(Cl)c1C. The Labute approximate surface area is 123 Å². The number of anilines is 1. The Hall–Kier alpha value is -2.00. The molecule has 0 saturated heterocycles. The number of aryl methyl sites for hydroxylation is 1. The molecule has 4 heteroatoms. The van der Waals surface area contributed by atoms with Crippen LogP contribution in [0.1, 0.15) is 17.0 Å². The van der Waals surface area contributed by atoms with Gasteiger partial charge in [-0.25, -0.2) is 4.98 Å². The number of pyridine rings is 1. The zero-order valence-electron chi connectivity index (χ0n) is 11.5. The summed E-state index contributed by atoms with van der Waals surface area (Å²) in [5.41, 5.74) is 5.32. The maximum Gasteiger partial charge on any atom is 0.137 e. The normalized spacial score (nSPS) is 10.9. The van der Waals surface area contributed by atoms with Crippen molar-refractivity contribution in [2.45, 2.75) is 20.4 Å². The van der Waals surface area contributed by atoms with Gasteiger partial charge in [0, 0.05) is 16.9 Å². The van der Waals surface area contributed by atoms with E-state index in [9.17, 15) is 0 Å². The minimum absolute atomic E-state index is 0.720. The van der Waals surface area contributed by atoms with Gasteiger partial charge in [-0.05, 0) is 43.7 Å². The topological polar surface area (TPSA) is 29.3 Å². The van der Waals surface area contributed by atoms with Gasteiger partial charge in [0.1, 0.15) is 5.65 Å². The van der Waals surface area contributed by atoms with Crippen LogP contribution in [0.5, 0.6) is 0 Å². The van der Waals surface area contributed by atoms with Crippen LogP contribution >= 0.6 is 11.6 Å². The van der Waals surface area contributed by atoms with Gasteiger partial charge in [0.2, 0.25) is 0 Å². The molecule has 0 aliphatic carbocycles. The minimum atomic E-state index is 0.720. The van der Waals surface area contributed by atoms with Gasteiger partial charge in [0.05, 0.1) is 17.9 Å². The highest BCUT2D eigenvalue weighted by Gasteiger charge is 2.08. The van der Waals surface area contributed by atoms with E-state index in [1.165, 1.54) is 5.69 Å². The van der Waals surface area contributed by atoms with Crippen LogP contribution in [0, 0.1) is 13.8 Å². The predicted octanol–water partition coefficient (Wildman–Crippen LogP) is 4.22. The number of nitrogens with one attached hydrogen (secondary N) is 1. The van der Waals surface area contributed by atoms with E-state index in [4.69, 9.17) is 11.6 Å². The summed E-state index contributed by atoms with van der Waals surface area (Å²) in [7, 11) is 0. The molecule has 1 aromatic carbocycles. The van der Waals surface area contributed by atoms with Gasteiger partial charge in [-0.3, -0.25) is 0 Å². The Morgan fingerprint density at radius 3 is 2.85 bits per heavy atom. The molecular weight excluding hydrogens is 270 g/mol. The van der Waals surface area contributed by atoms with Crippen LogP contribution in [0.4, 0.5) is 5.69 Å². The lowest BCUT2D eigenvalue weighted by Gasteiger charge is -2.11. The standard InChI is InChI=1S/C16H16ClN3/c1-11-13(17)6-5-7-14(11)18-10-15-12(2)19-16-8-3-4-9-20(15)16/h3-9,18H,10H2,1-2H3. The third-order valence-corrected chi connectivity index (χ3v) is 3.95. The van der Waals surface area contributed by atoms with Gasteiger partial charge in [0.15, 0.2) is 0 Å². The van der Waals surface area contributed by atoms with E-state index in [1.54, 1.807) is 0 Å². The van der Waals surface area contributed by atoms with E-state index >= 15 is 0 Å². The van der Waals surface area contributed by atoms with Gasteiger partial charge >= 0.3 is 0 Å². The largest absolute Gasteiger partial charge is 0.379 e. The van der Waals surface area contributed by atoms with E-state index < -0.39 is 0 Å². The lowest BCUT2D eigenvalue weighted by atomic mass is 10.2. The third-order valence-electron chi connectivity index (χ3n) is 3.54. The van der Waals surface area contributed by atoms with Crippen molar-refractivity contribution in [3.63, 3.8) is 0 Å². The van der Waals surface area contributed by atoms with Gasteiger partial charge in [0.25, 0.3) is 0 Å². The minimum Gasteiger partial charge on any atom is -0.379 e. The summed E-state index contributed by atoms with van der Waals surface area (Å²) in [5.74, 6) is 0. The van der Waals surface area contributed by atoms with Crippen LogP contribution in [-0.2, 0) is 6.54 Å². The number of hydrogen-bond donors (Lipinski definition) is 1. The first-order valence-electron chi connectivity index (χ1n) is 6.58. The van der Waals surface area contributed by atoms with Crippen LogP contribution in [0.2, 0.25) is 5.02 Å². The highest BCUT2D eigenvalue weighted by Crippen LogP contribution is 2.24. The summed E-state index contributed by atoms with van der Waals surface area (Å²) in [5, 5.41) is 4.23. The molecule has 0 fully saturated rings. The first kappa shape index (κ1) is 13.0. The number of imidazole rings is 1. The maximum absolute atomic E-state index is 6.14. The van der Waals surface area contributed by atoms with Crippen LogP contribution in [0.3, 0.4) is 0 Å². The summed E-state index contributed by atoms with van der Waals surface area (Å²) in [6, 6.07) is 11.9. The summed E-state index contributed by atoms with van der Waals surface area (Å²) in [6.07, 6.45) is 2.04. The van der Waals surface area contributed by atoms with Gasteiger partial charge in [-0.1, -0.05) is 23.7 Å². The average Bonchev–Trinajstić information content (AvgIpc) is 2.76. The zero-order chi connectivity index (χ0) is 14.1. The molecule has 0 radical (unpaired) electrons. The molecule has 3 nitrogen and oxygen atoms in total. The molecule has 0 aliphatic heterocycles. The van der Waals surface area contributed by atoms with Gasteiger partial charge in [-0.2, -0.15) is 0 Å². The average molecular weight is 286 g/mol. The first-order chi connectivity index (χ1) is 9.66. The molecule has 0 amide bonds. The number of nitrogens with zero attached hydrogens (tertiary/aromatic N) is 2. The Morgan fingerprint density at radius 1 is 1.15 bits per heavy atom. The van der Waals surface area contributed by atoms with Crippen molar-refractivity contribution in [2.24, 2.45) is 0 Å². The molecule has 2 heterocycles. The Balaban J connectivity index is 1.90. The predicted molar refractivity (Wildman–Crippen MR) is 83.4 cm³/mol. The second-order valence-corrected chi connectivity index (χ2v) is 5.25. The van der Waals surface area contributed by atoms with E-state index in [-0.39, 0.29) is 0 Å². The molecule has 0 saturated carbocycles. The second kappa shape index (κ2) is 5.17. The number of halogens is 1. The number of fused-ring (bicyclic) bond motifs is 1. The molecule has 0 spiro atoms. The fraction of sp³-hybridized carbons (Fsp3) is 0.188. The van der Waals surface area contributed by atoms with Crippen molar-refractivity contribution in [3.05, 3.63) is 64.6 Å². The summed E-state index contributed by atoms with van der Waals surface area (Å²) in [6.45, 7) is 4.78. The number of benzene rings is 1. The summed E-state index contributed by atoms with van der Waals surface area (Å²) in [4.78, 5) is 4.56. The van der Waals surface area contributed by atoms with E-state index in [2.05, 4.69) is 14.7 Å². The molecule has 0 aliphatic rings. The van der Waals surface area contributed by atoms with Crippen LogP contribution in [0.25, 0.3) is 5.65 Å². The number of rotatable bonds is 3. The van der Waals surface area contributed by atoms with Crippen molar-refractivity contribution in [1.29, 1.82) is 0 Å². The van der Waals surface area contributed by atoms with Gasteiger partial charge < -0.3 is 9.72 Å². The zero-order valence-corrected chi connectivity index (χ0v) is 12.3. The lowest BCUT2D eigenvalue weighted by Crippen LogP contribution is -2.05. The molecule has 1 N–H and O–H groups in total. The van der Waals surface area contributed by atoms with Crippen molar-refractivity contribution >= 4 is 22.9 Å². The second-order valence-electron chi connectivity index (χ2n) is 4.84. The summed E-state index contributed by atoms with van der Waals surface area (Å²) < 4.78 is 2.11. The molecule has 102 valence electrons. The molecule has 3 rings (SSSR count). The fourth-order valence-electron chi connectivity index (χ4n) is 2.36.